The zero-order chi connectivity index (χ0) is 12.7. The predicted octanol–water partition coefficient (Wildman–Crippen LogP) is 0.746. The summed E-state index contributed by atoms with van der Waals surface area (Å²) < 4.78 is 0. The van der Waals surface area contributed by atoms with Gasteiger partial charge in [-0.3, -0.25) is 4.79 Å². The first kappa shape index (κ1) is 13.4. The first-order valence-corrected chi connectivity index (χ1v) is 5.90. The molecule has 1 heterocycles. The smallest absolute Gasteiger partial charge is 0.252 e. The summed E-state index contributed by atoms with van der Waals surface area (Å²) in [7, 11) is 0. The van der Waals surface area contributed by atoms with Gasteiger partial charge < -0.3 is 16.4 Å². The maximum atomic E-state index is 11.3. The Bertz CT molecular complexity index is 367. The number of hydrogen-bond acceptors (Lipinski definition) is 4. The maximum Gasteiger partial charge on any atom is 0.252 e. The Morgan fingerprint density at radius 2 is 2.24 bits per heavy atom. The van der Waals surface area contributed by atoms with E-state index < -0.39 is 5.91 Å². The van der Waals surface area contributed by atoms with E-state index in [9.17, 15) is 4.79 Å². The molecular formula is C12H20N4O. The second kappa shape index (κ2) is 6.85. The van der Waals surface area contributed by atoms with Crippen molar-refractivity contribution in [2.75, 3.05) is 24.5 Å². The van der Waals surface area contributed by atoms with Crippen molar-refractivity contribution in [2.24, 2.45) is 11.5 Å². The van der Waals surface area contributed by atoms with Crippen LogP contribution in [0.25, 0.3) is 0 Å². The lowest BCUT2D eigenvalue weighted by Gasteiger charge is -2.24. The number of nitrogens with zero attached hydrogens (tertiary/aromatic N) is 2. The Kier molecular flexibility index (Phi) is 5.42. The summed E-state index contributed by atoms with van der Waals surface area (Å²) >= 11 is 0. The average molecular weight is 236 g/mol. The summed E-state index contributed by atoms with van der Waals surface area (Å²) in [5.41, 5.74) is 11.3. The number of carbonyl (C=O) groups excluding carboxylic acids is 1. The highest BCUT2D eigenvalue weighted by molar-refractivity contribution is 5.97. The van der Waals surface area contributed by atoms with Gasteiger partial charge in [0.1, 0.15) is 5.82 Å². The summed E-state index contributed by atoms with van der Waals surface area (Å²) in [6.07, 6.45) is 3.53. The van der Waals surface area contributed by atoms with Crippen molar-refractivity contribution in [3.63, 3.8) is 0 Å². The molecule has 0 bridgehead atoms. The number of nitrogens with two attached hydrogens (primary N) is 2. The van der Waals surface area contributed by atoms with Crippen molar-refractivity contribution in [3.05, 3.63) is 23.9 Å². The van der Waals surface area contributed by atoms with Gasteiger partial charge >= 0.3 is 0 Å². The van der Waals surface area contributed by atoms with Crippen LogP contribution < -0.4 is 16.4 Å². The number of anilines is 1. The van der Waals surface area contributed by atoms with Crippen LogP contribution in [0.15, 0.2) is 18.3 Å². The second-order valence-corrected chi connectivity index (χ2v) is 3.87. The van der Waals surface area contributed by atoms with Gasteiger partial charge in [-0.05, 0) is 31.5 Å². The van der Waals surface area contributed by atoms with Gasteiger partial charge in [-0.1, -0.05) is 6.92 Å². The van der Waals surface area contributed by atoms with Crippen LogP contribution in [-0.2, 0) is 0 Å². The number of aromatic nitrogens is 1. The third-order valence-corrected chi connectivity index (χ3v) is 2.48. The molecule has 1 amide bonds. The van der Waals surface area contributed by atoms with Crippen LogP contribution in [0, 0.1) is 0 Å². The quantitative estimate of drug-likeness (QED) is 0.731. The molecule has 0 fully saturated rings. The van der Waals surface area contributed by atoms with Gasteiger partial charge in [-0.15, -0.1) is 0 Å². The highest BCUT2D eigenvalue weighted by atomic mass is 16.1. The van der Waals surface area contributed by atoms with Crippen molar-refractivity contribution >= 4 is 11.7 Å². The van der Waals surface area contributed by atoms with Gasteiger partial charge in [0.2, 0.25) is 0 Å². The Balaban J connectivity index is 2.95. The average Bonchev–Trinajstić information content (AvgIpc) is 2.34. The van der Waals surface area contributed by atoms with E-state index in [2.05, 4.69) is 16.8 Å². The third-order valence-electron chi connectivity index (χ3n) is 2.48. The van der Waals surface area contributed by atoms with E-state index in [4.69, 9.17) is 11.5 Å². The fourth-order valence-electron chi connectivity index (χ4n) is 1.72. The summed E-state index contributed by atoms with van der Waals surface area (Å²) in [6, 6.07) is 3.42. The molecule has 0 atom stereocenters. The van der Waals surface area contributed by atoms with Crippen LogP contribution in [-0.4, -0.2) is 30.5 Å². The minimum atomic E-state index is -0.443. The molecule has 0 spiro atoms. The zero-order valence-electron chi connectivity index (χ0n) is 10.2. The molecule has 0 saturated heterocycles. The zero-order valence-corrected chi connectivity index (χ0v) is 10.2. The number of carbonyl (C=O) groups is 1. The molecule has 0 radical (unpaired) electrons. The SMILES string of the molecule is CCCN(CCCN)c1ncccc1C(N)=O. The minimum Gasteiger partial charge on any atom is -0.365 e. The first-order chi connectivity index (χ1) is 8.20. The van der Waals surface area contributed by atoms with Crippen LogP contribution in [0.2, 0.25) is 0 Å². The number of amides is 1. The monoisotopic (exact) mass is 236 g/mol. The molecule has 1 aromatic heterocycles. The van der Waals surface area contributed by atoms with E-state index in [0.717, 1.165) is 25.9 Å². The molecule has 0 aliphatic carbocycles. The number of primary amides is 1. The summed E-state index contributed by atoms with van der Waals surface area (Å²) in [5.74, 6) is 0.220. The van der Waals surface area contributed by atoms with Gasteiger partial charge in [-0.2, -0.15) is 0 Å². The summed E-state index contributed by atoms with van der Waals surface area (Å²) in [6.45, 7) is 4.35. The van der Waals surface area contributed by atoms with Crippen LogP contribution in [0.4, 0.5) is 5.82 Å². The van der Waals surface area contributed by atoms with Crippen LogP contribution in [0.1, 0.15) is 30.1 Å². The van der Waals surface area contributed by atoms with E-state index in [1.807, 2.05) is 0 Å². The maximum absolute atomic E-state index is 11.3. The van der Waals surface area contributed by atoms with Crippen molar-refractivity contribution in [1.82, 2.24) is 4.98 Å². The van der Waals surface area contributed by atoms with E-state index in [-0.39, 0.29) is 0 Å². The van der Waals surface area contributed by atoms with Gasteiger partial charge in [0.15, 0.2) is 0 Å². The van der Waals surface area contributed by atoms with E-state index in [1.165, 1.54) is 0 Å². The third kappa shape index (κ3) is 3.71. The second-order valence-electron chi connectivity index (χ2n) is 3.87. The molecule has 0 aliphatic heterocycles. The van der Waals surface area contributed by atoms with Gasteiger partial charge in [0.25, 0.3) is 5.91 Å². The Hall–Kier alpha value is -1.62. The highest BCUT2D eigenvalue weighted by Crippen LogP contribution is 2.17. The van der Waals surface area contributed by atoms with Gasteiger partial charge in [-0.25, -0.2) is 4.98 Å². The van der Waals surface area contributed by atoms with Gasteiger partial charge in [0, 0.05) is 19.3 Å². The minimum absolute atomic E-state index is 0.443. The largest absolute Gasteiger partial charge is 0.365 e. The Morgan fingerprint density at radius 3 is 2.82 bits per heavy atom. The molecule has 0 saturated carbocycles. The predicted molar refractivity (Wildman–Crippen MR) is 68.9 cm³/mol. The molecule has 4 N–H and O–H groups in total. The Labute approximate surface area is 102 Å². The van der Waals surface area contributed by atoms with Crippen LogP contribution in [0.5, 0.6) is 0 Å². The normalized spacial score (nSPS) is 10.2. The topological polar surface area (TPSA) is 85.2 Å². The lowest BCUT2D eigenvalue weighted by molar-refractivity contribution is 0.100. The standard InChI is InChI=1S/C12H20N4O/c1-2-8-16(9-4-6-13)12-10(11(14)17)5-3-7-15-12/h3,5,7H,2,4,6,8-9,13H2,1H3,(H2,14,17). The number of rotatable bonds is 7. The molecule has 94 valence electrons. The Morgan fingerprint density at radius 1 is 1.47 bits per heavy atom. The molecule has 5 nitrogen and oxygen atoms in total. The fourth-order valence-corrected chi connectivity index (χ4v) is 1.72. The van der Waals surface area contributed by atoms with Crippen LogP contribution >= 0.6 is 0 Å². The lowest BCUT2D eigenvalue weighted by atomic mass is 10.2. The van der Waals surface area contributed by atoms with E-state index >= 15 is 0 Å². The van der Waals surface area contributed by atoms with Crippen molar-refractivity contribution < 1.29 is 4.79 Å². The first-order valence-electron chi connectivity index (χ1n) is 5.90. The van der Waals surface area contributed by atoms with E-state index in [0.29, 0.717) is 17.9 Å². The van der Waals surface area contributed by atoms with Crippen LogP contribution in [0.3, 0.4) is 0 Å². The lowest BCUT2D eigenvalue weighted by Crippen LogP contribution is -2.30. The highest BCUT2D eigenvalue weighted by Gasteiger charge is 2.14. The molecular weight excluding hydrogens is 216 g/mol. The molecule has 0 unspecified atom stereocenters. The molecule has 0 aromatic carbocycles. The van der Waals surface area contributed by atoms with E-state index in [1.54, 1.807) is 18.3 Å². The van der Waals surface area contributed by atoms with Crippen molar-refractivity contribution in [2.45, 2.75) is 19.8 Å². The number of hydrogen-bond donors (Lipinski definition) is 2. The molecule has 0 aliphatic rings. The molecule has 1 rings (SSSR count). The summed E-state index contributed by atoms with van der Waals surface area (Å²) in [4.78, 5) is 17.7. The number of pyridine rings is 1. The summed E-state index contributed by atoms with van der Waals surface area (Å²) in [5, 5.41) is 0. The molecule has 1 aromatic rings. The fraction of sp³-hybridized carbons (Fsp3) is 0.500. The molecule has 17 heavy (non-hydrogen) atoms. The van der Waals surface area contributed by atoms with Crippen molar-refractivity contribution in [3.8, 4) is 0 Å². The van der Waals surface area contributed by atoms with Gasteiger partial charge in [0.05, 0.1) is 5.56 Å². The van der Waals surface area contributed by atoms with Crippen molar-refractivity contribution in [1.29, 1.82) is 0 Å². The molecule has 5 heteroatoms.